The largest absolute Gasteiger partial charge is 0.497 e. The van der Waals surface area contributed by atoms with Gasteiger partial charge in [0.05, 0.1) is 14.2 Å². The summed E-state index contributed by atoms with van der Waals surface area (Å²) in [6, 6.07) is 15.3. The summed E-state index contributed by atoms with van der Waals surface area (Å²) < 4.78 is 40.1. The number of nitrogens with zero attached hydrogens (tertiary/aromatic N) is 4. The number of methoxy groups -OCH3 is 2. The molecule has 1 aromatic heterocycles. The average Bonchev–Trinajstić information content (AvgIpc) is 3.38. The van der Waals surface area contributed by atoms with E-state index in [1.165, 1.54) is 24.6 Å². The van der Waals surface area contributed by atoms with Crippen molar-refractivity contribution >= 4 is 15.9 Å². The number of hydrogen-bond donors (Lipinski definition) is 0. The number of hydrogen-bond acceptors (Lipinski definition) is 6. The lowest BCUT2D eigenvalue weighted by atomic mass is 10.1. The molecular formula is C23H26N4O5S. The van der Waals surface area contributed by atoms with E-state index in [2.05, 4.69) is 5.10 Å². The van der Waals surface area contributed by atoms with Gasteiger partial charge in [0, 0.05) is 44.6 Å². The molecule has 1 aliphatic rings. The highest BCUT2D eigenvalue weighted by Crippen LogP contribution is 2.31. The average molecular weight is 471 g/mol. The van der Waals surface area contributed by atoms with Crippen LogP contribution in [0.1, 0.15) is 11.6 Å². The molecule has 1 atom stereocenters. The Morgan fingerprint density at radius 1 is 0.970 bits per heavy atom. The first-order valence-electron chi connectivity index (χ1n) is 10.5. The predicted octanol–water partition coefficient (Wildman–Crippen LogP) is 2.02. The van der Waals surface area contributed by atoms with Gasteiger partial charge in [0.15, 0.2) is 6.04 Å². The summed E-state index contributed by atoms with van der Waals surface area (Å²) >= 11 is 0. The number of carbonyl (C=O) groups excluding carboxylic acids is 1. The zero-order chi connectivity index (χ0) is 23.4. The number of sulfonamides is 1. The molecule has 1 fully saturated rings. The summed E-state index contributed by atoms with van der Waals surface area (Å²) in [6.07, 6.45) is 3.39. The minimum Gasteiger partial charge on any atom is -0.497 e. The maximum atomic E-state index is 13.5. The minimum atomic E-state index is -3.83. The molecule has 9 nitrogen and oxygen atoms in total. The molecule has 4 rings (SSSR count). The molecule has 1 unspecified atom stereocenters. The Balaban J connectivity index is 1.53. The molecule has 10 heteroatoms. The van der Waals surface area contributed by atoms with Gasteiger partial charge >= 0.3 is 0 Å². The molecule has 33 heavy (non-hydrogen) atoms. The van der Waals surface area contributed by atoms with E-state index < -0.39 is 16.1 Å². The van der Waals surface area contributed by atoms with Crippen LogP contribution in [0.5, 0.6) is 11.5 Å². The molecule has 0 N–H and O–H groups in total. The molecular weight excluding hydrogens is 444 g/mol. The quantitative estimate of drug-likeness (QED) is 0.525. The first-order chi connectivity index (χ1) is 16.0. The number of aromatic nitrogens is 2. The standard InChI is InChI=1S/C23H26N4O5S/c1-31-19-9-10-20(32-2)21(17-19)33(29,30)26-15-13-25(14-16-26)23(28)22(27-12-6-11-24-27)18-7-4-3-5-8-18/h3-12,17,22H,13-16H2,1-2H3. The summed E-state index contributed by atoms with van der Waals surface area (Å²) in [4.78, 5) is 15.2. The minimum absolute atomic E-state index is 0.0443. The van der Waals surface area contributed by atoms with Crippen LogP contribution >= 0.6 is 0 Å². The van der Waals surface area contributed by atoms with Crippen molar-refractivity contribution < 1.29 is 22.7 Å². The van der Waals surface area contributed by atoms with Crippen LogP contribution in [0.4, 0.5) is 0 Å². The van der Waals surface area contributed by atoms with Crippen LogP contribution in [-0.4, -0.2) is 73.7 Å². The number of amides is 1. The number of rotatable bonds is 7. The van der Waals surface area contributed by atoms with Crippen LogP contribution in [0.3, 0.4) is 0 Å². The number of carbonyl (C=O) groups is 1. The van der Waals surface area contributed by atoms with Crippen LogP contribution in [-0.2, 0) is 14.8 Å². The summed E-state index contributed by atoms with van der Waals surface area (Å²) in [5, 5.41) is 4.28. The van der Waals surface area contributed by atoms with Crippen LogP contribution < -0.4 is 9.47 Å². The molecule has 0 bridgehead atoms. The first-order valence-corrected chi connectivity index (χ1v) is 11.9. The van der Waals surface area contributed by atoms with E-state index in [9.17, 15) is 13.2 Å². The maximum absolute atomic E-state index is 13.5. The highest BCUT2D eigenvalue weighted by atomic mass is 32.2. The van der Waals surface area contributed by atoms with Gasteiger partial charge in [-0.15, -0.1) is 0 Å². The first kappa shape index (κ1) is 22.8. The van der Waals surface area contributed by atoms with E-state index in [1.807, 2.05) is 30.3 Å². The Kier molecular flexibility index (Phi) is 6.66. The molecule has 1 aliphatic heterocycles. The fraction of sp³-hybridized carbons (Fsp3) is 0.304. The fourth-order valence-electron chi connectivity index (χ4n) is 3.92. The zero-order valence-corrected chi connectivity index (χ0v) is 19.3. The van der Waals surface area contributed by atoms with Crippen molar-refractivity contribution in [3.63, 3.8) is 0 Å². The third-order valence-corrected chi connectivity index (χ3v) is 7.60. The molecule has 174 valence electrons. The van der Waals surface area contributed by atoms with Crippen LogP contribution in [0.15, 0.2) is 71.9 Å². The van der Waals surface area contributed by atoms with Gasteiger partial charge in [-0.05, 0) is 23.8 Å². The fourth-order valence-corrected chi connectivity index (χ4v) is 5.52. The third kappa shape index (κ3) is 4.57. The summed E-state index contributed by atoms with van der Waals surface area (Å²) in [7, 11) is -0.925. The van der Waals surface area contributed by atoms with Crippen molar-refractivity contribution in [3.8, 4) is 11.5 Å². The lowest BCUT2D eigenvalue weighted by Crippen LogP contribution is -2.52. The third-order valence-electron chi connectivity index (χ3n) is 5.68. The van der Waals surface area contributed by atoms with Gasteiger partial charge in [-0.25, -0.2) is 8.42 Å². The van der Waals surface area contributed by atoms with Gasteiger partial charge in [0.1, 0.15) is 16.4 Å². The Bertz CT molecular complexity index is 1190. The second kappa shape index (κ2) is 9.63. The monoisotopic (exact) mass is 470 g/mol. The topological polar surface area (TPSA) is 94.0 Å². The Morgan fingerprint density at radius 2 is 1.70 bits per heavy atom. The number of benzene rings is 2. The summed E-state index contributed by atoms with van der Waals surface area (Å²) in [5.74, 6) is 0.547. The van der Waals surface area contributed by atoms with E-state index >= 15 is 0 Å². The number of piperazine rings is 1. The Labute approximate surface area is 193 Å². The van der Waals surface area contributed by atoms with Crippen LogP contribution in [0, 0.1) is 0 Å². The Hall–Kier alpha value is -3.37. The second-order valence-corrected chi connectivity index (χ2v) is 9.45. The second-order valence-electron chi connectivity index (χ2n) is 7.55. The van der Waals surface area contributed by atoms with Crippen molar-refractivity contribution in [2.75, 3.05) is 40.4 Å². The maximum Gasteiger partial charge on any atom is 0.252 e. The lowest BCUT2D eigenvalue weighted by Gasteiger charge is -2.36. The zero-order valence-electron chi connectivity index (χ0n) is 18.5. The van der Waals surface area contributed by atoms with Gasteiger partial charge in [0.2, 0.25) is 10.0 Å². The summed E-state index contributed by atoms with van der Waals surface area (Å²) in [5.41, 5.74) is 0.822. The van der Waals surface area contributed by atoms with Gasteiger partial charge in [-0.1, -0.05) is 30.3 Å². The lowest BCUT2D eigenvalue weighted by molar-refractivity contribution is -0.135. The smallest absolute Gasteiger partial charge is 0.252 e. The van der Waals surface area contributed by atoms with Crippen LogP contribution in [0.25, 0.3) is 0 Å². The molecule has 0 saturated carbocycles. The normalized spacial score (nSPS) is 15.8. The summed E-state index contributed by atoms with van der Waals surface area (Å²) in [6.45, 7) is 0.897. The van der Waals surface area contributed by atoms with E-state index in [-0.39, 0.29) is 42.7 Å². The van der Waals surface area contributed by atoms with Gasteiger partial charge in [-0.2, -0.15) is 9.40 Å². The van der Waals surface area contributed by atoms with E-state index in [0.29, 0.717) is 5.75 Å². The van der Waals surface area contributed by atoms with Gasteiger partial charge < -0.3 is 14.4 Å². The molecule has 0 spiro atoms. The van der Waals surface area contributed by atoms with Crippen molar-refractivity contribution in [1.29, 1.82) is 0 Å². The van der Waals surface area contributed by atoms with Crippen molar-refractivity contribution in [3.05, 3.63) is 72.6 Å². The molecule has 0 radical (unpaired) electrons. The molecule has 1 amide bonds. The molecule has 0 aliphatic carbocycles. The van der Waals surface area contributed by atoms with E-state index in [1.54, 1.807) is 40.2 Å². The van der Waals surface area contributed by atoms with Crippen molar-refractivity contribution in [2.45, 2.75) is 10.9 Å². The van der Waals surface area contributed by atoms with Crippen LogP contribution in [0.2, 0.25) is 0 Å². The molecule has 3 aromatic rings. The van der Waals surface area contributed by atoms with Crippen molar-refractivity contribution in [1.82, 2.24) is 19.0 Å². The van der Waals surface area contributed by atoms with E-state index in [0.717, 1.165) is 5.56 Å². The van der Waals surface area contributed by atoms with Crippen molar-refractivity contribution in [2.24, 2.45) is 0 Å². The predicted molar refractivity (Wildman–Crippen MR) is 122 cm³/mol. The number of ether oxygens (including phenoxy) is 2. The Morgan fingerprint density at radius 3 is 2.30 bits per heavy atom. The highest BCUT2D eigenvalue weighted by molar-refractivity contribution is 7.89. The van der Waals surface area contributed by atoms with E-state index in [4.69, 9.17) is 9.47 Å². The van der Waals surface area contributed by atoms with Gasteiger partial charge in [-0.3, -0.25) is 9.48 Å². The molecule has 2 aromatic carbocycles. The molecule has 1 saturated heterocycles. The van der Waals surface area contributed by atoms with Gasteiger partial charge in [0.25, 0.3) is 5.91 Å². The SMILES string of the molecule is COc1ccc(OC)c(S(=O)(=O)N2CCN(C(=O)C(c3ccccc3)n3cccn3)CC2)c1. The highest BCUT2D eigenvalue weighted by Gasteiger charge is 2.35. The molecule has 2 heterocycles.